The molecule has 7 heteroatoms. The summed E-state index contributed by atoms with van der Waals surface area (Å²) in [5.74, 6) is -2.63. The molecule has 0 aliphatic rings. The molecular formula is C18H19F2NO4. The first-order valence-electron chi connectivity index (χ1n) is 7.91. The van der Waals surface area contributed by atoms with Crippen molar-refractivity contribution in [3.63, 3.8) is 0 Å². The SMILES string of the molecule is CCCC(CNC(=O)c1cc2ccccc2cc1OC(F)F)C(=O)O. The van der Waals surface area contributed by atoms with E-state index in [1.54, 1.807) is 24.3 Å². The molecule has 2 N–H and O–H groups in total. The minimum Gasteiger partial charge on any atom is -0.481 e. The summed E-state index contributed by atoms with van der Waals surface area (Å²) < 4.78 is 29.8. The summed E-state index contributed by atoms with van der Waals surface area (Å²) in [6.07, 6.45) is 1.07. The highest BCUT2D eigenvalue weighted by atomic mass is 19.3. The predicted octanol–water partition coefficient (Wildman–Crippen LogP) is 3.67. The van der Waals surface area contributed by atoms with Crippen LogP contribution in [0.3, 0.4) is 0 Å². The lowest BCUT2D eigenvalue weighted by Gasteiger charge is -2.15. The van der Waals surface area contributed by atoms with Gasteiger partial charge in [-0.1, -0.05) is 37.6 Å². The molecule has 1 amide bonds. The molecule has 0 spiro atoms. The minimum atomic E-state index is -3.07. The number of carboxylic acid groups (broad SMARTS) is 1. The van der Waals surface area contributed by atoms with Crippen molar-refractivity contribution in [1.82, 2.24) is 5.32 Å². The zero-order valence-electron chi connectivity index (χ0n) is 13.7. The third-order valence-corrected chi connectivity index (χ3v) is 3.80. The normalized spacial score (nSPS) is 12.2. The fourth-order valence-corrected chi connectivity index (χ4v) is 2.56. The Morgan fingerprint density at radius 3 is 2.40 bits per heavy atom. The van der Waals surface area contributed by atoms with Crippen LogP contribution in [-0.2, 0) is 4.79 Å². The average Bonchev–Trinajstić information content (AvgIpc) is 2.56. The first kappa shape index (κ1) is 18.6. The fraction of sp³-hybridized carbons (Fsp3) is 0.333. The molecule has 2 aromatic rings. The molecule has 2 aromatic carbocycles. The zero-order chi connectivity index (χ0) is 18.4. The van der Waals surface area contributed by atoms with Crippen LogP contribution in [0.15, 0.2) is 36.4 Å². The summed E-state index contributed by atoms with van der Waals surface area (Å²) in [7, 11) is 0. The number of benzene rings is 2. The van der Waals surface area contributed by atoms with Gasteiger partial charge in [0.05, 0.1) is 11.5 Å². The lowest BCUT2D eigenvalue weighted by atomic mass is 10.0. The standard InChI is InChI=1S/C18H19F2NO4/c1-2-5-13(17(23)24)10-21-16(22)14-8-11-6-3-4-7-12(11)9-15(14)25-18(19)20/h3-4,6-9,13,18H,2,5,10H2,1H3,(H,21,22)(H,23,24). The van der Waals surface area contributed by atoms with Crippen molar-refractivity contribution in [2.45, 2.75) is 26.4 Å². The van der Waals surface area contributed by atoms with Crippen molar-refractivity contribution in [2.24, 2.45) is 5.92 Å². The Bertz CT molecular complexity index is 764. The predicted molar refractivity (Wildman–Crippen MR) is 88.9 cm³/mol. The largest absolute Gasteiger partial charge is 0.481 e. The average molecular weight is 351 g/mol. The van der Waals surface area contributed by atoms with E-state index in [1.165, 1.54) is 12.1 Å². The Kier molecular flexibility index (Phi) is 6.27. The molecule has 0 radical (unpaired) electrons. The smallest absolute Gasteiger partial charge is 0.387 e. The molecule has 0 saturated carbocycles. The molecule has 0 heterocycles. The lowest BCUT2D eigenvalue weighted by Crippen LogP contribution is -2.33. The van der Waals surface area contributed by atoms with Crippen LogP contribution in [0, 0.1) is 5.92 Å². The summed E-state index contributed by atoms with van der Waals surface area (Å²) in [5, 5.41) is 13.0. The minimum absolute atomic E-state index is 0.0559. The lowest BCUT2D eigenvalue weighted by molar-refractivity contribution is -0.141. The van der Waals surface area contributed by atoms with Crippen molar-refractivity contribution < 1.29 is 28.2 Å². The van der Waals surface area contributed by atoms with Crippen molar-refractivity contribution >= 4 is 22.6 Å². The number of alkyl halides is 2. The van der Waals surface area contributed by atoms with E-state index in [0.29, 0.717) is 23.6 Å². The number of hydrogen-bond donors (Lipinski definition) is 2. The van der Waals surface area contributed by atoms with Gasteiger partial charge in [-0.05, 0) is 29.3 Å². The van der Waals surface area contributed by atoms with Crippen LogP contribution in [0.5, 0.6) is 5.75 Å². The molecule has 2 rings (SSSR count). The van der Waals surface area contributed by atoms with Gasteiger partial charge in [-0.3, -0.25) is 9.59 Å². The summed E-state index contributed by atoms with van der Waals surface area (Å²) in [4.78, 5) is 23.5. The van der Waals surface area contributed by atoms with Crippen molar-refractivity contribution in [3.8, 4) is 5.75 Å². The number of halogens is 2. The molecule has 134 valence electrons. The fourth-order valence-electron chi connectivity index (χ4n) is 2.56. The second-order valence-electron chi connectivity index (χ2n) is 5.61. The van der Waals surface area contributed by atoms with Crippen molar-refractivity contribution in [3.05, 3.63) is 42.0 Å². The van der Waals surface area contributed by atoms with Crippen LogP contribution in [-0.4, -0.2) is 30.1 Å². The van der Waals surface area contributed by atoms with E-state index < -0.39 is 24.4 Å². The van der Waals surface area contributed by atoms with E-state index in [-0.39, 0.29) is 17.9 Å². The Balaban J connectivity index is 2.27. The van der Waals surface area contributed by atoms with Gasteiger partial charge < -0.3 is 15.2 Å². The van der Waals surface area contributed by atoms with Gasteiger partial charge in [0.15, 0.2) is 0 Å². The highest BCUT2D eigenvalue weighted by Crippen LogP contribution is 2.27. The van der Waals surface area contributed by atoms with E-state index in [4.69, 9.17) is 5.11 Å². The third-order valence-electron chi connectivity index (χ3n) is 3.80. The molecule has 1 atom stereocenters. The van der Waals surface area contributed by atoms with Gasteiger partial charge in [0, 0.05) is 6.54 Å². The monoisotopic (exact) mass is 351 g/mol. The summed E-state index contributed by atoms with van der Waals surface area (Å²) in [6.45, 7) is -1.31. The number of carbonyl (C=O) groups excluding carboxylic acids is 1. The van der Waals surface area contributed by atoms with Gasteiger partial charge >= 0.3 is 12.6 Å². The molecule has 0 aromatic heterocycles. The number of carboxylic acids is 1. The number of nitrogens with one attached hydrogen (secondary N) is 1. The van der Waals surface area contributed by atoms with Gasteiger partial charge in [-0.15, -0.1) is 0 Å². The number of carbonyl (C=O) groups is 2. The summed E-state index contributed by atoms with van der Waals surface area (Å²) in [6, 6.07) is 9.80. The highest BCUT2D eigenvalue weighted by molar-refractivity contribution is 6.01. The van der Waals surface area contributed by atoms with Gasteiger partial charge in [0.1, 0.15) is 5.75 Å². The van der Waals surface area contributed by atoms with Gasteiger partial charge in [0.25, 0.3) is 5.91 Å². The first-order chi connectivity index (χ1) is 11.9. The van der Waals surface area contributed by atoms with Crippen molar-refractivity contribution in [1.29, 1.82) is 0 Å². The summed E-state index contributed by atoms with van der Waals surface area (Å²) in [5.41, 5.74) is -0.0559. The van der Waals surface area contributed by atoms with Gasteiger partial charge in [0.2, 0.25) is 0 Å². The Morgan fingerprint density at radius 1 is 1.20 bits per heavy atom. The number of fused-ring (bicyclic) bond motifs is 1. The van der Waals surface area contributed by atoms with E-state index in [2.05, 4.69) is 10.1 Å². The Labute approximate surface area is 143 Å². The van der Waals surface area contributed by atoms with E-state index in [9.17, 15) is 18.4 Å². The molecule has 25 heavy (non-hydrogen) atoms. The van der Waals surface area contributed by atoms with Gasteiger partial charge in [-0.25, -0.2) is 0 Å². The maximum Gasteiger partial charge on any atom is 0.387 e. The molecule has 5 nitrogen and oxygen atoms in total. The van der Waals surface area contributed by atoms with Gasteiger partial charge in [-0.2, -0.15) is 8.78 Å². The molecule has 1 unspecified atom stereocenters. The van der Waals surface area contributed by atoms with Crippen LogP contribution in [0.4, 0.5) is 8.78 Å². The molecule has 0 saturated heterocycles. The summed E-state index contributed by atoms with van der Waals surface area (Å²) >= 11 is 0. The quantitative estimate of drug-likeness (QED) is 0.761. The maximum atomic E-state index is 12.7. The number of ether oxygens (including phenoxy) is 1. The maximum absolute atomic E-state index is 12.7. The van der Waals surface area contributed by atoms with Crippen LogP contribution in [0.1, 0.15) is 30.1 Å². The number of aliphatic carboxylic acids is 1. The third kappa shape index (κ3) is 4.89. The molecular weight excluding hydrogens is 332 g/mol. The highest BCUT2D eigenvalue weighted by Gasteiger charge is 2.21. The van der Waals surface area contributed by atoms with E-state index in [0.717, 1.165) is 0 Å². The molecule has 0 aliphatic heterocycles. The molecule has 0 aliphatic carbocycles. The first-order valence-corrected chi connectivity index (χ1v) is 7.91. The van der Waals surface area contributed by atoms with Crippen LogP contribution in [0.25, 0.3) is 10.8 Å². The topological polar surface area (TPSA) is 75.6 Å². The second kappa shape index (κ2) is 8.41. The van der Waals surface area contributed by atoms with Crippen molar-refractivity contribution in [2.75, 3.05) is 6.54 Å². The number of hydrogen-bond acceptors (Lipinski definition) is 3. The number of amides is 1. The van der Waals surface area contributed by atoms with Crippen LogP contribution < -0.4 is 10.1 Å². The van der Waals surface area contributed by atoms with Crippen LogP contribution >= 0.6 is 0 Å². The van der Waals surface area contributed by atoms with E-state index >= 15 is 0 Å². The number of rotatable bonds is 8. The van der Waals surface area contributed by atoms with Crippen LogP contribution in [0.2, 0.25) is 0 Å². The van der Waals surface area contributed by atoms with E-state index in [1.807, 2.05) is 6.92 Å². The molecule has 0 bridgehead atoms. The Morgan fingerprint density at radius 2 is 1.84 bits per heavy atom. The molecule has 0 fully saturated rings. The zero-order valence-corrected chi connectivity index (χ0v) is 13.7. The second-order valence-corrected chi connectivity index (χ2v) is 5.61. The Hall–Kier alpha value is -2.70.